The fourth-order valence-electron chi connectivity index (χ4n) is 3.15. The van der Waals surface area contributed by atoms with Crippen molar-refractivity contribution in [2.45, 2.75) is 18.3 Å². The van der Waals surface area contributed by atoms with Gasteiger partial charge in [-0.05, 0) is 30.1 Å². The average Bonchev–Trinajstić information content (AvgIpc) is 2.99. The van der Waals surface area contributed by atoms with Gasteiger partial charge in [-0.3, -0.25) is 14.9 Å². The Morgan fingerprint density at radius 1 is 1.43 bits per heavy atom. The fourth-order valence-corrected chi connectivity index (χ4v) is 3.47. The number of hydrogen-bond acceptors (Lipinski definition) is 5. The first-order valence-electron chi connectivity index (χ1n) is 6.93. The van der Waals surface area contributed by atoms with Gasteiger partial charge in [0.1, 0.15) is 17.3 Å². The molecule has 23 heavy (non-hydrogen) atoms. The molecular formula is C15H13ClN4O3. The van der Waals surface area contributed by atoms with Crippen molar-refractivity contribution in [1.82, 2.24) is 9.97 Å². The number of nitrogens with zero attached hydrogens (tertiary/aromatic N) is 3. The van der Waals surface area contributed by atoms with Crippen molar-refractivity contribution in [2.24, 2.45) is 0 Å². The maximum absolute atomic E-state index is 12.6. The Hall–Kier alpha value is -2.54. The lowest BCUT2D eigenvalue weighted by atomic mass is 9.79. The SMILES string of the molecule is C=CC1=C(/C=C\C[N+](=O)[O-])CC2(C1)C(=O)Nc1ncnc(Cl)c12. The molecule has 0 radical (unpaired) electrons. The van der Waals surface area contributed by atoms with Crippen molar-refractivity contribution in [3.8, 4) is 0 Å². The lowest BCUT2D eigenvalue weighted by Crippen LogP contribution is -2.32. The predicted molar refractivity (Wildman–Crippen MR) is 84.8 cm³/mol. The second-order valence-electron chi connectivity index (χ2n) is 5.45. The van der Waals surface area contributed by atoms with Crippen LogP contribution in [0.4, 0.5) is 5.82 Å². The van der Waals surface area contributed by atoms with Gasteiger partial charge in [0.15, 0.2) is 0 Å². The van der Waals surface area contributed by atoms with E-state index in [-0.39, 0.29) is 17.6 Å². The molecule has 0 fully saturated rings. The number of hydrogen-bond donors (Lipinski definition) is 1. The molecule has 1 aliphatic heterocycles. The third-order valence-corrected chi connectivity index (χ3v) is 4.45. The van der Waals surface area contributed by atoms with Gasteiger partial charge in [0.2, 0.25) is 12.5 Å². The van der Waals surface area contributed by atoms with E-state index in [1.165, 1.54) is 12.4 Å². The van der Waals surface area contributed by atoms with E-state index in [1.807, 2.05) is 0 Å². The number of nitrogens with one attached hydrogen (secondary N) is 1. The van der Waals surface area contributed by atoms with E-state index in [0.29, 0.717) is 24.2 Å². The van der Waals surface area contributed by atoms with Crippen LogP contribution in [0.25, 0.3) is 0 Å². The van der Waals surface area contributed by atoms with Gasteiger partial charge in [-0.25, -0.2) is 9.97 Å². The summed E-state index contributed by atoms with van der Waals surface area (Å²) in [4.78, 5) is 30.6. The first-order valence-corrected chi connectivity index (χ1v) is 7.31. The maximum Gasteiger partial charge on any atom is 0.237 e. The van der Waals surface area contributed by atoms with Gasteiger partial charge in [0.05, 0.1) is 5.41 Å². The summed E-state index contributed by atoms with van der Waals surface area (Å²) in [6.07, 6.45) is 6.92. The van der Waals surface area contributed by atoms with Crippen LogP contribution >= 0.6 is 11.6 Å². The molecule has 2 heterocycles. The molecule has 0 saturated carbocycles. The highest BCUT2D eigenvalue weighted by Crippen LogP contribution is 2.52. The number of allylic oxidation sites excluding steroid dienone is 4. The van der Waals surface area contributed by atoms with E-state index in [2.05, 4.69) is 21.9 Å². The Morgan fingerprint density at radius 3 is 2.87 bits per heavy atom. The summed E-state index contributed by atoms with van der Waals surface area (Å²) in [6, 6.07) is 0. The number of aromatic nitrogens is 2. The summed E-state index contributed by atoms with van der Waals surface area (Å²) in [7, 11) is 0. The van der Waals surface area contributed by atoms with Crippen LogP contribution in [0, 0.1) is 10.1 Å². The smallest absolute Gasteiger partial charge is 0.237 e. The number of anilines is 1. The predicted octanol–water partition coefficient (Wildman–Crippen LogP) is 2.43. The third kappa shape index (κ3) is 2.43. The first kappa shape index (κ1) is 15.4. The van der Waals surface area contributed by atoms with Crippen LogP contribution in [0.2, 0.25) is 5.15 Å². The molecule has 8 heteroatoms. The number of fused-ring (bicyclic) bond motifs is 2. The number of amides is 1. The molecule has 1 aliphatic carbocycles. The van der Waals surface area contributed by atoms with Gasteiger partial charge in [-0.2, -0.15) is 0 Å². The molecule has 1 aromatic rings. The highest BCUT2D eigenvalue weighted by molar-refractivity contribution is 6.31. The van der Waals surface area contributed by atoms with Crippen LogP contribution in [0.15, 0.2) is 42.3 Å². The van der Waals surface area contributed by atoms with E-state index in [1.54, 1.807) is 12.2 Å². The number of nitro groups is 1. The second-order valence-corrected chi connectivity index (χ2v) is 5.81. The molecule has 0 bridgehead atoms. The van der Waals surface area contributed by atoms with Gasteiger partial charge in [0.25, 0.3) is 0 Å². The van der Waals surface area contributed by atoms with Crippen molar-refractivity contribution < 1.29 is 9.72 Å². The highest BCUT2D eigenvalue weighted by atomic mass is 35.5. The zero-order valence-electron chi connectivity index (χ0n) is 12.1. The molecule has 0 aromatic carbocycles. The molecule has 1 aromatic heterocycles. The summed E-state index contributed by atoms with van der Waals surface area (Å²) in [5.74, 6) is 0.237. The van der Waals surface area contributed by atoms with E-state index in [4.69, 9.17) is 11.6 Å². The standard InChI is InChI=1S/C15H13ClN4O3/c1-2-9-6-15(7-10(9)4-3-5-20(22)23)11-12(16)17-8-18-13(11)19-14(15)21/h2-4,8H,1,5-7H2,(H,17,18,19,21)/b4-3-. The van der Waals surface area contributed by atoms with Crippen LogP contribution in [-0.2, 0) is 10.2 Å². The highest BCUT2D eigenvalue weighted by Gasteiger charge is 2.52. The molecule has 1 amide bonds. The average molecular weight is 333 g/mol. The minimum atomic E-state index is -0.870. The maximum atomic E-state index is 12.6. The summed E-state index contributed by atoms with van der Waals surface area (Å²) >= 11 is 6.19. The van der Waals surface area contributed by atoms with Gasteiger partial charge >= 0.3 is 0 Å². The Bertz CT molecular complexity index is 787. The Labute approximate surface area is 136 Å². The van der Waals surface area contributed by atoms with Gasteiger partial charge in [-0.1, -0.05) is 30.3 Å². The van der Waals surface area contributed by atoms with E-state index in [0.717, 1.165) is 11.1 Å². The van der Waals surface area contributed by atoms with E-state index >= 15 is 0 Å². The number of halogens is 1. The number of carbonyl (C=O) groups is 1. The molecule has 2 aliphatic rings. The molecule has 3 rings (SSSR count). The molecule has 1 atom stereocenters. The molecule has 7 nitrogen and oxygen atoms in total. The summed E-state index contributed by atoms with van der Waals surface area (Å²) in [5, 5.41) is 13.4. The van der Waals surface area contributed by atoms with Crippen molar-refractivity contribution >= 4 is 23.3 Å². The zero-order valence-corrected chi connectivity index (χ0v) is 12.8. The van der Waals surface area contributed by atoms with Crippen LogP contribution in [0.3, 0.4) is 0 Å². The van der Waals surface area contributed by atoms with Crippen LogP contribution in [0.5, 0.6) is 0 Å². The Morgan fingerprint density at radius 2 is 2.17 bits per heavy atom. The van der Waals surface area contributed by atoms with Gasteiger partial charge in [0, 0.05) is 10.5 Å². The van der Waals surface area contributed by atoms with E-state index in [9.17, 15) is 14.9 Å². The topological polar surface area (TPSA) is 98.0 Å². The van der Waals surface area contributed by atoms with Crippen molar-refractivity contribution in [2.75, 3.05) is 11.9 Å². The summed E-state index contributed by atoms with van der Waals surface area (Å²) < 4.78 is 0. The normalized spacial score (nSPS) is 22.7. The largest absolute Gasteiger partial charge is 0.309 e. The lowest BCUT2D eigenvalue weighted by Gasteiger charge is -2.21. The lowest BCUT2D eigenvalue weighted by molar-refractivity contribution is -0.468. The molecular weight excluding hydrogens is 320 g/mol. The van der Waals surface area contributed by atoms with Gasteiger partial charge in [-0.15, -0.1) is 0 Å². The van der Waals surface area contributed by atoms with E-state index < -0.39 is 10.3 Å². The van der Waals surface area contributed by atoms with Crippen LogP contribution < -0.4 is 5.32 Å². The van der Waals surface area contributed by atoms with Crippen molar-refractivity contribution in [1.29, 1.82) is 0 Å². The Kier molecular flexibility index (Phi) is 3.73. The molecule has 1 N–H and O–H groups in total. The Balaban J connectivity index is 1.99. The van der Waals surface area contributed by atoms with Crippen molar-refractivity contribution in [3.63, 3.8) is 0 Å². The first-order chi connectivity index (χ1) is 11.0. The number of carbonyl (C=O) groups excluding carboxylic acids is 1. The third-order valence-electron chi connectivity index (χ3n) is 4.16. The summed E-state index contributed by atoms with van der Waals surface area (Å²) in [6.45, 7) is 3.50. The monoisotopic (exact) mass is 332 g/mol. The van der Waals surface area contributed by atoms with Gasteiger partial charge < -0.3 is 5.32 Å². The van der Waals surface area contributed by atoms with Crippen molar-refractivity contribution in [3.05, 3.63) is 63.1 Å². The minimum absolute atomic E-state index is 0.188. The quantitative estimate of drug-likeness (QED) is 0.518. The molecule has 0 saturated heterocycles. The molecule has 1 unspecified atom stereocenters. The minimum Gasteiger partial charge on any atom is -0.309 e. The molecule has 1 spiro atoms. The summed E-state index contributed by atoms with van der Waals surface area (Å²) in [5.41, 5.74) is 1.42. The zero-order chi connectivity index (χ0) is 16.6. The van der Waals surface area contributed by atoms with Crippen LogP contribution in [-0.4, -0.2) is 27.3 Å². The second kappa shape index (κ2) is 5.58. The fraction of sp³-hybridized carbons (Fsp3) is 0.267. The molecule has 118 valence electrons. The number of rotatable bonds is 4. The van der Waals surface area contributed by atoms with Crippen LogP contribution in [0.1, 0.15) is 18.4 Å².